The van der Waals surface area contributed by atoms with Gasteiger partial charge in [-0.25, -0.2) is 35.8 Å². The van der Waals surface area contributed by atoms with Gasteiger partial charge < -0.3 is 20.0 Å². The molecule has 2 unspecified atom stereocenters. The fourth-order valence-electron chi connectivity index (χ4n) is 11.2. The molecule has 4 atom stereocenters. The Bertz CT molecular complexity index is 3850. The lowest BCUT2D eigenvalue weighted by atomic mass is 9.98. The molecular weight excluding hydrogens is 1210 g/mol. The van der Waals surface area contributed by atoms with Gasteiger partial charge in [-0.1, -0.05) is 54.4 Å². The molecule has 26 heteroatoms. The molecule has 12 rings (SSSR count). The third kappa shape index (κ3) is 15.7. The van der Waals surface area contributed by atoms with Gasteiger partial charge in [0.05, 0.1) is 58.5 Å². The molecule has 0 saturated carbocycles. The minimum atomic E-state index is -3.59. The molecule has 6 aromatic heterocycles. The maximum Gasteiger partial charge on any atom is 0.256 e. The third-order valence-corrected chi connectivity index (χ3v) is 17.2. The standard InChI is InChI=1S/C29H32ClN7O3S.C20H21Cl2N5O3S.C9H12N2.CH4.ClH/c1-19-17-37-27(32-28(19)35-14-11-20(18-35)23-7-3-5-12-31-23)16-25(33-37)26-8-4-6-13-36(26)29(38)22-15-21(30)9-10-24(22)34-41(2,39)40;1-12-11-27-18(23-19(12)22)10-16(24-27)17-5-3-4-8-26(17)20(28)14-9-13(21)6-7-15(14)25-31(2,29)30;1-2-5-11-9(3-1)8-4-6-10-7-8;;/h3,5,7,9-10,12,15-17,20,26,34H,4,6,8,11,13-14,18H2,1-2H3;6-7,9-11,17,25H,3-5,8H2,1-2H3;1-3,5,8,10H,4,6-7H2;1H4;1H/t20?,26-;17-;;;/m00.../s1. The van der Waals surface area contributed by atoms with Crippen LogP contribution in [0.1, 0.15) is 137 Å². The fourth-order valence-corrected chi connectivity index (χ4v) is 12.9. The van der Waals surface area contributed by atoms with Gasteiger partial charge in [-0.05, 0) is 132 Å². The van der Waals surface area contributed by atoms with E-state index < -0.39 is 20.0 Å². The van der Waals surface area contributed by atoms with Crippen LogP contribution in [0.5, 0.6) is 0 Å². The second-order valence-corrected chi connectivity index (χ2v) is 26.2. The van der Waals surface area contributed by atoms with Gasteiger partial charge in [-0.3, -0.25) is 29.0 Å². The molecule has 452 valence electrons. The zero-order valence-electron chi connectivity index (χ0n) is 46.8. The summed E-state index contributed by atoms with van der Waals surface area (Å²) in [6, 6.07) is 24.5. The smallest absolute Gasteiger partial charge is 0.256 e. The first-order valence-electron chi connectivity index (χ1n) is 27.6. The van der Waals surface area contributed by atoms with Crippen molar-refractivity contribution in [1.82, 2.24) is 54.3 Å². The normalized spacial score (nSPS) is 18.8. The molecular formula is C59H70Cl4N14O6S2. The molecule has 4 aliphatic rings. The summed E-state index contributed by atoms with van der Waals surface area (Å²) in [7, 11) is -7.16. The van der Waals surface area contributed by atoms with E-state index in [1.807, 2.05) is 62.8 Å². The van der Waals surface area contributed by atoms with Crippen LogP contribution in [-0.2, 0) is 20.0 Å². The summed E-state index contributed by atoms with van der Waals surface area (Å²) < 4.78 is 55.8. The summed E-state index contributed by atoms with van der Waals surface area (Å²) in [6.07, 6.45) is 16.9. The maximum absolute atomic E-state index is 13.9. The number of amides is 2. The second-order valence-electron chi connectivity index (χ2n) is 21.5. The summed E-state index contributed by atoms with van der Waals surface area (Å²) in [5.74, 6) is 1.36. The lowest BCUT2D eigenvalue weighted by Crippen LogP contribution is -2.39. The average Bonchev–Trinajstić information content (AvgIpc) is 3.07. The van der Waals surface area contributed by atoms with Crippen molar-refractivity contribution in [2.24, 2.45) is 0 Å². The van der Waals surface area contributed by atoms with Crippen LogP contribution in [0.4, 0.5) is 17.2 Å². The van der Waals surface area contributed by atoms with Gasteiger partial charge in [0.1, 0.15) is 11.0 Å². The summed E-state index contributed by atoms with van der Waals surface area (Å²) in [5.41, 5.74) is 7.78. The zero-order valence-corrected chi connectivity index (χ0v) is 51.5. The molecule has 0 aliphatic carbocycles. The summed E-state index contributed by atoms with van der Waals surface area (Å²) in [5, 5.41) is 13.9. The highest BCUT2D eigenvalue weighted by Gasteiger charge is 2.35. The number of rotatable bonds is 11. The highest BCUT2D eigenvalue weighted by atomic mass is 35.5. The monoisotopic (exact) mass is 1270 g/mol. The number of likely N-dealkylation sites (tertiary alicyclic amines) is 2. The second kappa shape index (κ2) is 27.8. The van der Waals surface area contributed by atoms with Crippen LogP contribution >= 0.6 is 47.2 Å². The number of piperidine rings is 2. The molecule has 10 heterocycles. The van der Waals surface area contributed by atoms with Crippen molar-refractivity contribution in [1.29, 1.82) is 0 Å². The molecule has 4 aliphatic heterocycles. The van der Waals surface area contributed by atoms with E-state index in [1.54, 1.807) is 37.2 Å². The Hall–Kier alpha value is -6.66. The number of hydrogen-bond donors (Lipinski definition) is 3. The molecule has 8 aromatic rings. The molecule has 4 saturated heterocycles. The van der Waals surface area contributed by atoms with Gasteiger partial charge >= 0.3 is 0 Å². The van der Waals surface area contributed by atoms with Gasteiger partial charge in [0.15, 0.2) is 11.3 Å². The van der Waals surface area contributed by atoms with Gasteiger partial charge in [0.25, 0.3) is 11.8 Å². The number of anilines is 3. The Morgan fingerprint density at radius 2 is 1.11 bits per heavy atom. The highest BCUT2D eigenvalue weighted by molar-refractivity contribution is 7.92. The predicted molar refractivity (Wildman–Crippen MR) is 338 cm³/mol. The minimum Gasteiger partial charge on any atom is -0.356 e. The van der Waals surface area contributed by atoms with E-state index in [2.05, 4.69) is 57.9 Å². The first kappa shape index (κ1) is 64.3. The van der Waals surface area contributed by atoms with E-state index in [1.165, 1.54) is 36.4 Å². The largest absolute Gasteiger partial charge is 0.356 e. The van der Waals surface area contributed by atoms with Crippen LogP contribution < -0.4 is 19.7 Å². The summed E-state index contributed by atoms with van der Waals surface area (Å²) in [4.78, 5) is 51.4. The number of carbonyl (C=O) groups is 2. The number of aromatic nitrogens is 8. The van der Waals surface area contributed by atoms with Gasteiger partial charge in [-0.2, -0.15) is 10.2 Å². The minimum absolute atomic E-state index is 0. The summed E-state index contributed by atoms with van der Waals surface area (Å²) >= 11 is 18.5. The number of sulfonamides is 2. The molecule has 2 aromatic carbocycles. The van der Waals surface area contributed by atoms with E-state index in [9.17, 15) is 26.4 Å². The van der Waals surface area contributed by atoms with Gasteiger partial charge in [0.2, 0.25) is 20.0 Å². The predicted octanol–water partition coefficient (Wildman–Crippen LogP) is 11.1. The van der Waals surface area contributed by atoms with Crippen LogP contribution in [0, 0.1) is 13.8 Å². The molecule has 2 amide bonds. The number of nitrogens with one attached hydrogen (secondary N) is 3. The first-order valence-corrected chi connectivity index (χ1v) is 32.5. The van der Waals surface area contributed by atoms with E-state index >= 15 is 0 Å². The Morgan fingerprint density at radius 3 is 1.59 bits per heavy atom. The SMILES string of the molecule is C.Cc1cn2nc([C@@H]3CCCCN3C(=O)c3cc(Cl)ccc3NS(C)(=O)=O)cc2nc1Cl.Cc1cn2nc([C@@H]3CCCCN3C(=O)c3cc(Cl)ccc3NS(C)(=O)=O)cc2nc1N1CCC(c2ccccn2)C1.Cl.c1ccc(C2CCNC2)nc1. The zero-order chi connectivity index (χ0) is 58.6. The molecule has 0 spiro atoms. The molecule has 3 N–H and O–H groups in total. The molecule has 85 heavy (non-hydrogen) atoms. The van der Waals surface area contributed by atoms with Gasteiger partial charge in [-0.15, -0.1) is 12.4 Å². The van der Waals surface area contributed by atoms with Crippen LogP contribution in [-0.4, -0.2) is 129 Å². The topological polar surface area (TPSA) is 234 Å². The van der Waals surface area contributed by atoms with Crippen LogP contribution in [0.25, 0.3) is 11.3 Å². The number of aryl methyl sites for hydroxylation is 2. The number of carbonyl (C=O) groups excluding carboxylic acids is 2. The average molecular weight is 1280 g/mol. The van der Waals surface area contributed by atoms with Crippen LogP contribution in [0.3, 0.4) is 0 Å². The molecule has 0 radical (unpaired) electrons. The Labute approximate surface area is 517 Å². The molecule has 20 nitrogen and oxygen atoms in total. The van der Waals surface area contributed by atoms with Crippen LogP contribution in [0.15, 0.2) is 110 Å². The number of hydrogen-bond acceptors (Lipinski definition) is 14. The Balaban J connectivity index is 0.000000188. The van der Waals surface area contributed by atoms with Crippen molar-refractivity contribution in [2.75, 3.05) is 66.1 Å². The maximum atomic E-state index is 13.9. The number of halogens is 4. The molecule has 4 fully saturated rings. The number of pyridine rings is 2. The third-order valence-electron chi connectivity index (χ3n) is 15.2. The summed E-state index contributed by atoms with van der Waals surface area (Å²) in [6.45, 7) is 8.94. The van der Waals surface area contributed by atoms with Crippen molar-refractivity contribution in [3.05, 3.63) is 170 Å². The first-order chi connectivity index (χ1) is 39.7. The van der Waals surface area contributed by atoms with Crippen molar-refractivity contribution in [3.8, 4) is 0 Å². The quantitative estimate of drug-likeness (QED) is 0.102. The number of benzene rings is 2. The molecule has 0 bridgehead atoms. The lowest BCUT2D eigenvalue weighted by Gasteiger charge is -2.35. The van der Waals surface area contributed by atoms with E-state index in [4.69, 9.17) is 44.9 Å². The Morgan fingerprint density at radius 1 is 0.600 bits per heavy atom. The lowest BCUT2D eigenvalue weighted by molar-refractivity contribution is 0.0600. The van der Waals surface area contributed by atoms with Crippen molar-refractivity contribution < 1.29 is 26.4 Å². The van der Waals surface area contributed by atoms with Crippen LogP contribution in [0.2, 0.25) is 15.2 Å². The number of fused-ring (bicyclic) bond motifs is 2. The van der Waals surface area contributed by atoms with Crippen molar-refractivity contribution >= 4 is 108 Å². The van der Waals surface area contributed by atoms with E-state index in [0.717, 1.165) is 118 Å². The van der Waals surface area contributed by atoms with Crippen molar-refractivity contribution in [3.63, 3.8) is 0 Å². The van der Waals surface area contributed by atoms with E-state index in [0.29, 0.717) is 51.5 Å². The van der Waals surface area contributed by atoms with Gasteiger partial charge in [0, 0.05) is 114 Å². The van der Waals surface area contributed by atoms with Crippen molar-refractivity contribution in [2.45, 2.75) is 96.6 Å². The van der Waals surface area contributed by atoms with E-state index in [-0.39, 0.29) is 66.2 Å². The Kier molecular flexibility index (Phi) is 21.0. The number of nitrogens with zero attached hydrogens (tertiary/aromatic N) is 11. The fraction of sp³-hybridized carbons (Fsp3) is 0.390. The highest BCUT2D eigenvalue weighted by Crippen LogP contribution is 2.37.